The summed E-state index contributed by atoms with van der Waals surface area (Å²) in [5.74, 6) is -0.524. The molecule has 2 N–H and O–H groups in total. The quantitative estimate of drug-likeness (QED) is 0.0534. The molecule has 0 aliphatic heterocycles. The molecule has 3 aromatic heterocycles. The zero-order valence-corrected chi connectivity index (χ0v) is 32.9. The lowest BCUT2D eigenvalue weighted by Crippen LogP contribution is -2.49. The Balaban J connectivity index is 1.43. The number of esters is 3. The van der Waals surface area contributed by atoms with Gasteiger partial charge in [-0.15, -0.1) is 6.42 Å². The molecule has 0 fully saturated rings. The van der Waals surface area contributed by atoms with Crippen molar-refractivity contribution < 1.29 is 61.2 Å². The summed E-state index contributed by atoms with van der Waals surface area (Å²) in [5, 5.41) is 13.6. The van der Waals surface area contributed by atoms with Crippen LogP contribution in [0, 0.1) is 39.2 Å². The van der Waals surface area contributed by atoms with Crippen molar-refractivity contribution >= 4 is 41.0 Å². The molecule has 57 heavy (non-hydrogen) atoms. The number of ether oxygens (including phenoxy) is 5. The molecule has 3 heterocycles. The Bertz CT molecular complexity index is 2270. The molecule has 18 nitrogen and oxygen atoms in total. The van der Waals surface area contributed by atoms with Crippen molar-refractivity contribution in [2.45, 2.75) is 104 Å². The number of imidazole rings is 1. The second-order valence-electron chi connectivity index (χ2n) is 14.5. The topological polar surface area (TPSA) is 234 Å². The highest BCUT2D eigenvalue weighted by molar-refractivity contribution is 5.93. The lowest BCUT2D eigenvalue weighted by molar-refractivity contribution is -0.158. The smallest absolute Gasteiger partial charge is 0.461 e. The van der Waals surface area contributed by atoms with E-state index in [1.807, 2.05) is 19.9 Å². The number of hydrogen-bond donors (Lipinski definition) is 2. The maximum atomic E-state index is 14.7. The van der Waals surface area contributed by atoms with E-state index in [-0.39, 0.29) is 35.7 Å². The van der Waals surface area contributed by atoms with Gasteiger partial charge in [0.15, 0.2) is 40.7 Å². The van der Waals surface area contributed by atoms with Crippen molar-refractivity contribution in [3.63, 3.8) is 0 Å². The number of nitrogens with one attached hydrogen (secondary N) is 1. The number of nitrogens with zero attached hydrogens (tertiary/aromatic N) is 4. The van der Waals surface area contributed by atoms with E-state index >= 15 is 0 Å². The van der Waals surface area contributed by atoms with Gasteiger partial charge in [0.2, 0.25) is 0 Å². The highest BCUT2D eigenvalue weighted by Gasteiger charge is 2.40. The van der Waals surface area contributed by atoms with Crippen LogP contribution in [0.2, 0.25) is 0 Å². The number of methoxy groups -OCH3 is 1. The molecule has 2 atom stereocenters. The van der Waals surface area contributed by atoms with Crippen molar-refractivity contribution in [2.24, 2.45) is 0 Å². The van der Waals surface area contributed by atoms with Gasteiger partial charge in [0.05, 0.1) is 25.7 Å². The number of hydrogen-bond acceptors (Lipinski definition) is 16. The number of carbonyl (C=O) groups excluding carboxylic acids is 4. The Morgan fingerprint density at radius 1 is 1.05 bits per heavy atom. The van der Waals surface area contributed by atoms with Crippen LogP contribution in [0.15, 0.2) is 32.1 Å². The van der Waals surface area contributed by atoms with Crippen LogP contribution in [0.1, 0.15) is 75.7 Å². The number of halogens is 1. The van der Waals surface area contributed by atoms with E-state index in [1.54, 1.807) is 19.9 Å². The van der Waals surface area contributed by atoms with Crippen LogP contribution in [-0.2, 0) is 51.9 Å². The molecular formula is C38H44FN5O13. The number of carbonyl (C=O) groups is 4. The molecule has 0 radical (unpaired) electrons. The molecule has 1 unspecified atom stereocenters. The van der Waals surface area contributed by atoms with E-state index in [1.165, 1.54) is 45.7 Å². The summed E-state index contributed by atoms with van der Waals surface area (Å²) in [6.07, 6.45) is 2.40. The van der Waals surface area contributed by atoms with Gasteiger partial charge >= 0.3 is 35.9 Å². The highest BCUT2D eigenvalue weighted by Crippen LogP contribution is 2.38. The first-order valence-electron chi connectivity index (χ1n) is 17.4. The lowest BCUT2D eigenvalue weighted by atomic mass is 9.78. The second kappa shape index (κ2) is 17.3. The maximum Gasteiger partial charge on any atom is 0.519 e. The Morgan fingerprint density at radius 2 is 1.74 bits per heavy atom. The van der Waals surface area contributed by atoms with Crippen LogP contribution in [0.5, 0.6) is 5.75 Å². The van der Waals surface area contributed by atoms with Gasteiger partial charge in [0.25, 0.3) is 0 Å². The summed E-state index contributed by atoms with van der Waals surface area (Å²) in [6, 6.07) is 3.61. The van der Waals surface area contributed by atoms with Gasteiger partial charge in [0.1, 0.15) is 24.1 Å². The first-order valence-corrected chi connectivity index (χ1v) is 17.4. The highest BCUT2D eigenvalue weighted by atomic mass is 19.1. The van der Waals surface area contributed by atoms with E-state index in [0.29, 0.717) is 11.3 Å². The summed E-state index contributed by atoms with van der Waals surface area (Å²) in [6.45, 7) is 11.5. The number of benzene rings is 1. The minimum absolute atomic E-state index is 0.0177. The molecule has 0 aliphatic carbocycles. The number of rotatable bonds is 16. The average molecular weight is 798 g/mol. The van der Waals surface area contributed by atoms with E-state index in [9.17, 15) is 33.5 Å². The van der Waals surface area contributed by atoms with Crippen LogP contribution in [-0.4, -0.2) is 79.6 Å². The van der Waals surface area contributed by atoms with Gasteiger partial charge in [-0.3, -0.25) is 19.7 Å². The Hall–Kier alpha value is -6.13. The monoisotopic (exact) mass is 797 g/mol. The number of aromatic nitrogens is 4. The molecule has 19 heteroatoms. The van der Waals surface area contributed by atoms with Crippen molar-refractivity contribution in [3.05, 3.63) is 63.4 Å². The SMILES string of the molecule is C#CC(COC(=O)CC(C)(C)c1c(C)cc(C)cc1OC(C)=O)(OC)[C@@H](O)Cn1cnc2c(NC(=O)OC(C)(C)CC(=O)OCc3oc(=O)oc3C)nc(F)nc21. The molecule has 4 rings (SSSR count). The van der Waals surface area contributed by atoms with Crippen molar-refractivity contribution in [1.29, 1.82) is 0 Å². The third kappa shape index (κ3) is 10.8. The third-order valence-corrected chi connectivity index (χ3v) is 8.72. The molecular weight excluding hydrogens is 753 g/mol. The Morgan fingerprint density at radius 3 is 2.35 bits per heavy atom. The summed E-state index contributed by atoms with van der Waals surface area (Å²) in [7, 11) is 1.21. The molecule has 0 saturated heterocycles. The normalized spacial score (nSPS) is 13.3. The van der Waals surface area contributed by atoms with Crippen molar-refractivity contribution in [2.75, 3.05) is 19.0 Å². The van der Waals surface area contributed by atoms with Crippen LogP contribution in [0.4, 0.5) is 15.0 Å². The summed E-state index contributed by atoms with van der Waals surface area (Å²) >= 11 is 0. The minimum Gasteiger partial charge on any atom is -0.461 e. The van der Waals surface area contributed by atoms with E-state index in [4.69, 9.17) is 38.9 Å². The molecule has 0 saturated carbocycles. The fourth-order valence-electron chi connectivity index (χ4n) is 6.14. The number of aryl methyl sites for hydroxylation is 3. The molecule has 0 spiro atoms. The number of aliphatic hydroxyl groups is 1. The zero-order chi connectivity index (χ0) is 42.5. The zero-order valence-electron chi connectivity index (χ0n) is 32.9. The molecule has 1 aromatic carbocycles. The number of aliphatic hydroxyl groups excluding tert-OH is 1. The van der Waals surface area contributed by atoms with Crippen LogP contribution >= 0.6 is 0 Å². The maximum absolute atomic E-state index is 14.7. The van der Waals surface area contributed by atoms with Crippen LogP contribution < -0.4 is 15.9 Å². The van der Waals surface area contributed by atoms with Gasteiger partial charge in [-0.2, -0.15) is 14.4 Å². The van der Waals surface area contributed by atoms with E-state index < -0.39 is 84.0 Å². The second-order valence-corrected chi connectivity index (χ2v) is 14.5. The summed E-state index contributed by atoms with van der Waals surface area (Å²) in [4.78, 5) is 73.1. The Labute approximate surface area is 326 Å². The largest absolute Gasteiger partial charge is 0.519 e. The van der Waals surface area contributed by atoms with Crippen LogP contribution in [0.3, 0.4) is 0 Å². The number of anilines is 1. The summed E-state index contributed by atoms with van der Waals surface area (Å²) in [5.41, 5.74) is -2.18. The third-order valence-electron chi connectivity index (χ3n) is 8.72. The first-order chi connectivity index (χ1) is 26.6. The number of fused-ring (bicyclic) bond motifs is 1. The van der Waals surface area contributed by atoms with Gasteiger partial charge in [-0.1, -0.05) is 25.8 Å². The van der Waals surface area contributed by atoms with Crippen molar-refractivity contribution in [1.82, 2.24) is 19.5 Å². The molecule has 4 aromatic rings. The fourth-order valence-corrected chi connectivity index (χ4v) is 6.14. The van der Waals surface area contributed by atoms with Crippen molar-refractivity contribution in [3.8, 4) is 18.1 Å². The first kappa shape index (κ1) is 43.6. The summed E-state index contributed by atoms with van der Waals surface area (Å²) < 4.78 is 52.4. The van der Waals surface area contributed by atoms with Crippen LogP contribution in [0.25, 0.3) is 11.2 Å². The average Bonchev–Trinajstić information content (AvgIpc) is 3.63. The minimum atomic E-state index is -1.90. The standard InChI is InChI=1S/C38H44FN5O13/c1-11-38(51-10,18-53-27(47)14-36(6,7)29-21(3)12-20(2)13-24(29)55-23(5)45)26(46)16-44-19-40-30-31(41-33(39)43-32(30)44)42-34(49)57-37(8,9)15-28(48)52-17-25-22(4)54-35(50)56-25/h1,12-13,19,26,46H,14-18H2,2-10H3,(H,41,42,43,49)/t26-,38?/m0/s1. The Kier molecular flexibility index (Phi) is 13.3. The van der Waals surface area contributed by atoms with Gasteiger partial charge in [0, 0.05) is 25.0 Å². The fraction of sp³-hybridized carbons (Fsp3) is 0.474. The molecule has 306 valence electrons. The van der Waals surface area contributed by atoms with Gasteiger partial charge in [-0.25, -0.2) is 14.6 Å². The lowest BCUT2D eigenvalue weighted by Gasteiger charge is -2.32. The predicted molar refractivity (Wildman–Crippen MR) is 196 cm³/mol. The molecule has 1 amide bonds. The molecule has 0 aliphatic rings. The predicted octanol–water partition coefficient (Wildman–Crippen LogP) is 4.11. The van der Waals surface area contributed by atoms with Gasteiger partial charge in [-0.05, 0) is 51.8 Å². The number of amides is 1. The van der Waals surface area contributed by atoms with E-state index in [0.717, 1.165) is 11.1 Å². The van der Waals surface area contributed by atoms with E-state index in [2.05, 4.69) is 26.2 Å². The number of terminal acetylenes is 1. The molecule has 0 bridgehead atoms. The van der Waals surface area contributed by atoms with Gasteiger partial charge < -0.3 is 42.2 Å².